The van der Waals surface area contributed by atoms with Gasteiger partial charge in [0.05, 0.1) is 0 Å². The van der Waals surface area contributed by atoms with Gasteiger partial charge in [-0.3, -0.25) is 0 Å². The Morgan fingerprint density at radius 1 is 1.50 bits per heavy atom. The number of aromatic hydroxyl groups is 1. The summed E-state index contributed by atoms with van der Waals surface area (Å²) < 4.78 is 0. The topological polar surface area (TPSA) is 20.2 Å². The lowest BCUT2D eigenvalue weighted by atomic mass is 10.0. The summed E-state index contributed by atoms with van der Waals surface area (Å²) in [5.74, 6) is 0.771. The molecule has 1 nitrogen and oxygen atoms in total. The molecule has 0 heterocycles. The van der Waals surface area contributed by atoms with Crippen LogP contribution in [0.5, 0.6) is 5.75 Å². The van der Waals surface area contributed by atoms with Crippen LogP contribution in [0.15, 0.2) is 18.2 Å². The van der Waals surface area contributed by atoms with Crippen molar-refractivity contribution in [3.8, 4) is 5.75 Å². The smallest absolute Gasteiger partial charge is 0.119 e. The van der Waals surface area contributed by atoms with Gasteiger partial charge in [0.15, 0.2) is 0 Å². The third kappa shape index (κ3) is 2.01. The highest BCUT2D eigenvalue weighted by Crippen LogP contribution is 2.27. The molecule has 1 rings (SSSR count). The highest BCUT2D eigenvalue weighted by atomic mass is 79.9. The minimum Gasteiger partial charge on any atom is -0.508 e. The van der Waals surface area contributed by atoms with E-state index in [2.05, 4.69) is 22.9 Å². The van der Waals surface area contributed by atoms with Gasteiger partial charge in [0.2, 0.25) is 0 Å². The van der Waals surface area contributed by atoms with E-state index < -0.39 is 0 Å². The van der Waals surface area contributed by atoms with Gasteiger partial charge in [0.1, 0.15) is 5.75 Å². The van der Waals surface area contributed by atoms with Gasteiger partial charge in [-0.25, -0.2) is 0 Å². The fourth-order valence-electron chi connectivity index (χ4n) is 1.15. The van der Waals surface area contributed by atoms with E-state index in [1.807, 2.05) is 19.1 Å². The van der Waals surface area contributed by atoms with E-state index in [1.165, 1.54) is 0 Å². The van der Waals surface area contributed by atoms with Crippen LogP contribution in [0.3, 0.4) is 0 Å². The normalized spacial score (nSPS) is 12.9. The van der Waals surface area contributed by atoms with Crippen molar-refractivity contribution >= 4 is 15.9 Å². The molecule has 0 aliphatic carbocycles. The largest absolute Gasteiger partial charge is 0.508 e. The first-order valence-corrected chi connectivity index (χ1v) is 5.12. The van der Waals surface area contributed by atoms with Gasteiger partial charge in [-0.1, -0.05) is 35.0 Å². The van der Waals surface area contributed by atoms with Gasteiger partial charge >= 0.3 is 0 Å². The van der Waals surface area contributed by atoms with Gasteiger partial charge in [0.25, 0.3) is 0 Å². The quantitative estimate of drug-likeness (QED) is 0.772. The van der Waals surface area contributed by atoms with E-state index in [4.69, 9.17) is 0 Å². The molecule has 0 radical (unpaired) electrons. The molecule has 0 aromatic heterocycles. The zero-order valence-electron chi connectivity index (χ0n) is 7.34. The maximum atomic E-state index is 9.57. The highest BCUT2D eigenvalue weighted by molar-refractivity contribution is 9.09. The number of hydrogen-bond acceptors (Lipinski definition) is 1. The van der Waals surface area contributed by atoms with Gasteiger partial charge in [0, 0.05) is 5.33 Å². The van der Waals surface area contributed by atoms with E-state index in [-0.39, 0.29) is 0 Å². The molecule has 66 valence electrons. The molecule has 1 atom stereocenters. The number of aryl methyl sites for hydroxylation is 1. The first kappa shape index (κ1) is 9.59. The lowest BCUT2D eigenvalue weighted by molar-refractivity contribution is 0.465. The zero-order chi connectivity index (χ0) is 9.14. The standard InChI is InChI=1S/C10H13BrO/c1-7-3-4-9(8(2)6-11)10(12)5-7/h3-5,8,12H,6H2,1-2H3. The summed E-state index contributed by atoms with van der Waals surface area (Å²) in [6, 6.07) is 5.80. The lowest BCUT2D eigenvalue weighted by Gasteiger charge is -2.10. The van der Waals surface area contributed by atoms with Crippen LogP contribution in [0.4, 0.5) is 0 Å². The predicted molar refractivity (Wildman–Crippen MR) is 55.1 cm³/mol. The summed E-state index contributed by atoms with van der Waals surface area (Å²) in [5.41, 5.74) is 2.11. The van der Waals surface area contributed by atoms with Crippen molar-refractivity contribution in [2.24, 2.45) is 0 Å². The molecule has 0 bridgehead atoms. The number of rotatable bonds is 2. The molecule has 12 heavy (non-hydrogen) atoms. The number of benzene rings is 1. The minimum atomic E-state index is 0.366. The lowest BCUT2D eigenvalue weighted by Crippen LogP contribution is -1.94. The maximum Gasteiger partial charge on any atom is 0.119 e. The molecule has 1 unspecified atom stereocenters. The first-order chi connectivity index (χ1) is 5.65. The molecule has 0 saturated heterocycles. The van der Waals surface area contributed by atoms with Crippen LogP contribution in [0.2, 0.25) is 0 Å². The molecule has 1 aromatic carbocycles. The van der Waals surface area contributed by atoms with Crippen molar-refractivity contribution in [2.75, 3.05) is 5.33 Å². The molecule has 0 aliphatic heterocycles. The second-order valence-electron chi connectivity index (χ2n) is 3.12. The average molecular weight is 229 g/mol. The Bertz CT molecular complexity index is 271. The van der Waals surface area contributed by atoms with Crippen LogP contribution >= 0.6 is 15.9 Å². The average Bonchev–Trinajstić information content (AvgIpc) is 2.03. The molecule has 1 N–H and O–H groups in total. The molecule has 1 aromatic rings. The van der Waals surface area contributed by atoms with Crippen LogP contribution in [0, 0.1) is 6.92 Å². The number of alkyl halides is 1. The predicted octanol–water partition coefficient (Wildman–Crippen LogP) is 3.20. The summed E-state index contributed by atoms with van der Waals surface area (Å²) in [6.07, 6.45) is 0. The summed E-state index contributed by atoms with van der Waals surface area (Å²) in [5, 5.41) is 10.5. The molecule has 0 spiro atoms. The Hall–Kier alpha value is -0.500. The van der Waals surface area contributed by atoms with Gasteiger partial charge in [-0.05, 0) is 30.0 Å². The SMILES string of the molecule is Cc1ccc(C(C)CBr)c(O)c1. The molecule has 0 amide bonds. The van der Waals surface area contributed by atoms with E-state index in [0.29, 0.717) is 11.7 Å². The Labute approximate surface area is 81.6 Å². The Kier molecular flexibility index (Phi) is 3.15. The van der Waals surface area contributed by atoms with Crippen molar-refractivity contribution in [3.05, 3.63) is 29.3 Å². The van der Waals surface area contributed by atoms with E-state index in [9.17, 15) is 5.11 Å². The summed E-state index contributed by atoms with van der Waals surface area (Å²) in [4.78, 5) is 0. The van der Waals surface area contributed by atoms with Gasteiger partial charge in [-0.2, -0.15) is 0 Å². The Balaban J connectivity index is 3.01. The summed E-state index contributed by atoms with van der Waals surface area (Å²) >= 11 is 3.39. The van der Waals surface area contributed by atoms with Crippen molar-refractivity contribution in [2.45, 2.75) is 19.8 Å². The van der Waals surface area contributed by atoms with Crippen LogP contribution in [0.1, 0.15) is 24.0 Å². The second-order valence-corrected chi connectivity index (χ2v) is 3.77. The number of halogens is 1. The summed E-state index contributed by atoms with van der Waals surface area (Å²) in [7, 11) is 0. The van der Waals surface area contributed by atoms with Crippen LogP contribution in [-0.2, 0) is 0 Å². The maximum absolute atomic E-state index is 9.57. The van der Waals surface area contributed by atoms with Crippen molar-refractivity contribution in [1.82, 2.24) is 0 Å². The monoisotopic (exact) mass is 228 g/mol. The second kappa shape index (κ2) is 3.94. The van der Waals surface area contributed by atoms with Gasteiger partial charge in [-0.15, -0.1) is 0 Å². The highest BCUT2D eigenvalue weighted by Gasteiger charge is 2.07. The fraction of sp³-hybridized carbons (Fsp3) is 0.400. The van der Waals surface area contributed by atoms with Crippen molar-refractivity contribution in [3.63, 3.8) is 0 Å². The van der Waals surface area contributed by atoms with Crippen molar-refractivity contribution < 1.29 is 5.11 Å². The third-order valence-electron chi connectivity index (χ3n) is 1.95. The third-order valence-corrected chi connectivity index (χ3v) is 2.92. The molecule has 0 aliphatic rings. The molecule has 2 heteroatoms. The molecule has 0 saturated carbocycles. The summed E-state index contributed by atoms with van der Waals surface area (Å²) in [6.45, 7) is 4.06. The van der Waals surface area contributed by atoms with E-state index >= 15 is 0 Å². The zero-order valence-corrected chi connectivity index (χ0v) is 8.93. The number of phenols is 1. The molecular formula is C10H13BrO. The van der Waals surface area contributed by atoms with Crippen LogP contribution in [-0.4, -0.2) is 10.4 Å². The number of hydrogen-bond donors (Lipinski definition) is 1. The van der Waals surface area contributed by atoms with E-state index in [1.54, 1.807) is 6.07 Å². The van der Waals surface area contributed by atoms with Crippen LogP contribution in [0.25, 0.3) is 0 Å². The molecular weight excluding hydrogens is 216 g/mol. The van der Waals surface area contributed by atoms with Crippen molar-refractivity contribution in [1.29, 1.82) is 0 Å². The minimum absolute atomic E-state index is 0.366. The molecule has 0 fully saturated rings. The fourth-order valence-corrected chi connectivity index (χ4v) is 1.50. The van der Waals surface area contributed by atoms with Crippen LogP contribution < -0.4 is 0 Å². The Morgan fingerprint density at radius 2 is 2.17 bits per heavy atom. The van der Waals surface area contributed by atoms with E-state index in [0.717, 1.165) is 16.5 Å². The first-order valence-electron chi connectivity index (χ1n) is 4.00. The van der Waals surface area contributed by atoms with Gasteiger partial charge < -0.3 is 5.11 Å². The number of phenolic OH excluding ortho intramolecular Hbond substituents is 1. The Morgan fingerprint density at radius 3 is 2.67 bits per heavy atom.